The molecule has 0 fully saturated rings. The van der Waals surface area contributed by atoms with Crippen molar-refractivity contribution in [2.45, 2.75) is 12.5 Å². The number of benzene rings is 2. The summed E-state index contributed by atoms with van der Waals surface area (Å²) in [7, 11) is 6.07. The van der Waals surface area contributed by atoms with Gasteiger partial charge in [0.05, 0.1) is 33.4 Å². The summed E-state index contributed by atoms with van der Waals surface area (Å²) in [4.78, 5) is 0. The van der Waals surface area contributed by atoms with Crippen molar-refractivity contribution in [3.05, 3.63) is 48.0 Å². The normalized spacial score (nSPS) is 12.9. The second-order valence-corrected chi connectivity index (χ2v) is 6.29. The van der Waals surface area contributed by atoms with Gasteiger partial charge in [-0.15, -0.1) is 0 Å². The molecular weight excluding hydrogens is 389 g/mol. The number of quaternary nitrogens is 1. The molecule has 0 amide bonds. The molecule has 4 heteroatoms. The topological polar surface area (TPSA) is 29.5 Å². The number of methoxy groups -OCH3 is 1. The number of fused-ring (bicyclic) bond motifs is 1. The summed E-state index contributed by atoms with van der Waals surface area (Å²) in [5.74, 6) is 0. The smallest absolute Gasteiger partial charge is 0.102 e. The van der Waals surface area contributed by atoms with Crippen molar-refractivity contribution in [3.8, 4) is 0 Å². The number of halogens is 1. The van der Waals surface area contributed by atoms with Gasteiger partial charge in [0.2, 0.25) is 0 Å². The van der Waals surface area contributed by atoms with Crippen LogP contribution >= 0.6 is 0 Å². The molecule has 0 aliphatic carbocycles. The van der Waals surface area contributed by atoms with Crippen LogP contribution in [0, 0.1) is 0 Å². The van der Waals surface area contributed by atoms with Crippen LogP contribution in [0.4, 0.5) is 0 Å². The first-order valence-corrected chi connectivity index (χ1v) is 7.49. The van der Waals surface area contributed by atoms with E-state index in [0.29, 0.717) is 0 Å². The maximum Gasteiger partial charge on any atom is 0.102 e. The van der Waals surface area contributed by atoms with E-state index >= 15 is 0 Å². The van der Waals surface area contributed by atoms with E-state index in [1.165, 1.54) is 10.8 Å². The molecule has 0 radical (unpaired) electrons. The van der Waals surface area contributed by atoms with Crippen LogP contribution in [0.25, 0.3) is 10.8 Å². The molecule has 0 saturated carbocycles. The highest BCUT2D eigenvalue weighted by Gasteiger charge is 2.18. The molecule has 3 nitrogen and oxygen atoms in total. The Morgan fingerprint density at radius 2 is 1.73 bits per heavy atom. The first-order chi connectivity index (χ1) is 10.0. The number of rotatable bonds is 7. The van der Waals surface area contributed by atoms with E-state index in [4.69, 9.17) is 4.74 Å². The van der Waals surface area contributed by atoms with Crippen molar-refractivity contribution >= 4 is 10.8 Å². The van der Waals surface area contributed by atoms with Gasteiger partial charge >= 0.3 is 0 Å². The van der Waals surface area contributed by atoms with Gasteiger partial charge in [-0.2, -0.15) is 0 Å². The van der Waals surface area contributed by atoms with Crippen molar-refractivity contribution in [3.63, 3.8) is 0 Å². The molecule has 122 valence electrons. The summed E-state index contributed by atoms with van der Waals surface area (Å²) in [6.45, 7) is 2.64. The Balaban J connectivity index is 0.00000242. The van der Waals surface area contributed by atoms with E-state index in [-0.39, 0.29) is 24.0 Å². The summed E-state index contributed by atoms with van der Waals surface area (Å²) >= 11 is 0. The molecule has 0 aromatic heterocycles. The van der Waals surface area contributed by atoms with Crippen LogP contribution in [-0.2, 0) is 4.74 Å². The van der Waals surface area contributed by atoms with Crippen LogP contribution in [0.3, 0.4) is 0 Å². The minimum Gasteiger partial charge on any atom is -1.00 e. The lowest BCUT2D eigenvalue weighted by molar-refractivity contribution is -0.891. The second-order valence-electron chi connectivity index (χ2n) is 6.29. The van der Waals surface area contributed by atoms with Gasteiger partial charge in [0.15, 0.2) is 0 Å². The van der Waals surface area contributed by atoms with Crippen molar-refractivity contribution in [1.29, 1.82) is 0 Å². The predicted molar refractivity (Wildman–Crippen MR) is 87.2 cm³/mol. The molecule has 0 aliphatic rings. The zero-order chi connectivity index (χ0) is 15.3. The molecule has 1 N–H and O–H groups in total. The summed E-state index contributed by atoms with van der Waals surface area (Å²) in [5, 5.41) is 12.8. The predicted octanol–water partition coefficient (Wildman–Crippen LogP) is -0.00990. The summed E-state index contributed by atoms with van der Waals surface area (Å²) in [6.07, 6.45) is 0.351. The fourth-order valence-electron chi connectivity index (χ4n) is 2.50. The molecule has 0 spiro atoms. The number of hydrogen-bond donors (Lipinski definition) is 1. The molecule has 0 bridgehead atoms. The van der Waals surface area contributed by atoms with Gasteiger partial charge in [-0.25, -0.2) is 0 Å². The third-order valence-corrected chi connectivity index (χ3v) is 4.07. The van der Waals surface area contributed by atoms with Gasteiger partial charge < -0.3 is 38.3 Å². The lowest BCUT2D eigenvalue weighted by Crippen LogP contribution is -3.00. The molecule has 1 unspecified atom stereocenters. The molecule has 0 saturated heterocycles. The van der Waals surface area contributed by atoms with Gasteiger partial charge in [0.1, 0.15) is 6.54 Å². The van der Waals surface area contributed by atoms with Crippen LogP contribution < -0.4 is 24.0 Å². The molecule has 0 aliphatic heterocycles. The van der Waals surface area contributed by atoms with Gasteiger partial charge in [-0.3, -0.25) is 0 Å². The third kappa shape index (κ3) is 5.50. The standard InChI is InChI=1S/C18H26NO2.HI/c1-19(2,12-13-21-3)11-10-18(20)17-9-8-15-6-4-5-7-16(15)14-17;/h4-9,14,18,20H,10-13H2,1-3H3;1H/q+1;/p-1. The van der Waals surface area contributed by atoms with Crippen LogP contribution in [0.1, 0.15) is 18.1 Å². The minimum atomic E-state index is -0.408. The molecular formula is C18H26INO2. The molecule has 2 rings (SSSR count). The van der Waals surface area contributed by atoms with Crippen molar-refractivity contribution in [2.75, 3.05) is 40.9 Å². The number of nitrogens with zero attached hydrogens (tertiary/aromatic N) is 1. The number of aliphatic hydroxyl groups excluding tert-OH is 1. The SMILES string of the molecule is COCC[N+](C)(C)CCC(O)c1ccc2ccccc2c1.[I-]. The van der Waals surface area contributed by atoms with Crippen molar-refractivity contribution in [1.82, 2.24) is 0 Å². The van der Waals surface area contributed by atoms with Crippen molar-refractivity contribution < 1.29 is 38.3 Å². The fourth-order valence-corrected chi connectivity index (χ4v) is 2.50. The van der Waals surface area contributed by atoms with Crippen LogP contribution in [0.15, 0.2) is 42.5 Å². The Bertz CT molecular complexity index is 586. The first kappa shape index (κ1) is 19.4. The molecule has 0 heterocycles. The van der Waals surface area contributed by atoms with E-state index in [1.807, 2.05) is 18.2 Å². The average molecular weight is 415 g/mol. The Hall–Kier alpha value is -0.690. The van der Waals surface area contributed by atoms with Gasteiger partial charge in [0.25, 0.3) is 0 Å². The maximum atomic E-state index is 10.4. The summed E-state index contributed by atoms with van der Waals surface area (Å²) < 4.78 is 6.00. The summed E-state index contributed by atoms with van der Waals surface area (Å²) in [5.41, 5.74) is 1.00. The van der Waals surface area contributed by atoms with Gasteiger partial charge in [-0.1, -0.05) is 36.4 Å². The van der Waals surface area contributed by atoms with E-state index in [1.54, 1.807) is 7.11 Å². The van der Waals surface area contributed by atoms with Gasteiger partial charge in [-0.05, 0) is 22.4 Å². The van der Waals surface area contributed by atoms with E-state index in [0.717, 1.165) is 36.2 Å². The zero-order valence-corrected chi connectivity index (χ0v) is 15.8. The average Bonchev–Trinajstić information content (AvgIpc) is 2.50. The minimum absolute atomic E-state index is 0. The van der Waals surface area contributed by atoms with E-state index in [9.17, 15) is 5.11 Å². The van der Waals surface area contributed by atoms with Crippen LogP contribution in [-0.4, -0.2) is 50.5 Å². The Morgan fingerprint density at radius 1 is 1.05 bits per heavy atom. The van der Waals surface area contributed by atoms with Crippen LogP contribution in [0.5, 0.6) is 0 Å². The monoisotopic (exact) mass is 415 g/mol. The highest BCUT2D eigenvalue weighted by atomic mass is 127. The molecule has 1 atom stereocenters. The third-order valence-electron chi connectivity index (χ3n) is 4.07. The van der Waals surface area contributed by atoms with E-state index < -0.39 is 6.10 Å². The fraction of sp³-hybridized carbons (Fsp3) is 0.444. The Kier molecular flexibility index (Phi) is 7.76. The highest BCUT2D eigenvalue weighted by molar-refractivity contribution is 5.83. The molecule has 2 aromatic carbocycles. The first-order valence-electron chi connectivity index (χ1n) is 7.49. The lowest BCUT2D eigenvalue weighted by Gasteiger charge is -2.30. The Morgan fingerprint density at radius 3 is 2.41 bits per heavy atom. The zero-order valence-electron chi connectivity index (χ0n) is 13.6. The lowest BCUT2D eigenvalue weighted by atomic mass is 10.0. The largest absolute Gasteiger partial charge is 1.00 e. The Labute approximate surface area is 150 Å². The van der Waals surface area contributed by atoms with E-state index in [2.05, 4.69) is 38.4 Å². The molecule has 2 aromatic rings. The highest BCUT2D eigenvalue weighted by Crippen LogP contribution is 2.23. The molecule has 22 heavy (non-hydrogen) atoms. The second kappa shape index (κ2) is 8.82. The number of hydrogen-bond acceptors (Lipinski definition) is 2. The van der Waals surface area contributed by atoms with Crippen LogP contribution in [0.2, 0.25) is 0 Å². The number of ether oxygens (including phenoxy) is 1. The number of likely N-dealkylation sites (N-methyl/N-ethyl adjacent to an activating group) is 1. The van der Waals surface area contributed by atoms with Crippen molar-refractivity contribution in [2.24, 2.45) is 0 Å². The quantitative estimate of drug-likeness (QED) is 0.510. The summed E-state index contributed by atoms with van der Waals surface area (Å²) in [6, 6.07) is 14.5. The number of aliphatic hydroxyl groups is 1. The van der Waals surface area contributed by atoms with Gasteiger partial charge in [0, 0.05) is 13.5 Å². The maximum absolute atomic E-state index is 10.4.